The number of phenolic OH excluding ortho intramolecular Hbond substituents is 1. The minimum atomic E-state index is -0.389. The first-order chi connectivity index (χ1) is 13.0. The van der Waals surface area contributed by atoms with Gasteiger partial charge in [0.1, 0.15) is 11.5 Å². The highest BCUT2D eigenvalue weighted by molar-refractivity contribution is 6.00. The minimum absolute atomic E-state index is 0.0616. The van der Waals surface area contributed by atoms with Gasteiger partial charge >= 0.3 is 0 Å². The molecular weight excluding hydrogens is 344 g/mol. The zero-order valence-corrected chi connectivity index (χ0v) is 15.6. The molecule has 1 aliphatic rings. The molecule has 1 N–H and O–H groups in total. The second kappa shape index (κ2) is 8.12. The van der Waals surface area contributed by atoms with E-state index in [4.69, 9.17) is 4.74 Å². The molecule has 0 unspecified atom stereocenters. The number of ether oxygens (including phenoxy) is 1. The normalized spacial score (nSPS) is 16.4. The number of rotatable bonds is 6. The number of nitrogens with zero attached hydrogens (tertiary/aromatic N) is 2. The maximum atomic E-state index is 12.8. The van der Waals surface area contributed by atoms with Crippen LogP contribution < -0.4 is 9.64 Å². The van der Waals surface area contributed by atoms with E-state index in [9.17, 15) is 14.7 Å². The van der Waals surface area contributed by atoms with Crippen LogP contribution in [0.3, 0.4) is 0 Å². The second-order valence-electron chi connectivity index (χ2n) is 6.66. The summed E-state index contributed by atoms with van der Waals surface area (Å²) in [7, 11) is 1.69. The maximum absolute atomic E-state index is 12.8. The summed E-state index contributed by atoms with van der Waals surface area (Å²) >= 11 is 0. The monoisotopic (exact) mass is 368 g/mol. The Morgan fingerprint density at radius 1 is 1.22 bits per heavy atom. The summed E-state index contributed by atoms with van der Waals surface area (Å²) in [4.78, 5) is 28.4. The van der Waals surface area contributed by atoms with Gasteiger partial charge in [-0.25, -0.2) is 0 Å². The number of carbonyl (C=O) groups excluding carboxylic acids is 2. The molecule has 0 saturated carbocycles. The van der Waals surface area contributed by atoms with Crippen LogP contribution in [0, 0.1) is 5.92 Å². The first-order valence-corrected chi connectivity index (χ1v) is 9.04. The van der Waals surface area contributed by atoms with Crippen molar-refractivity contribution in [3.63, 3.8) is 0 Å². The lowest BCUT2D eigenvalue weighted by molar-refractivity contribution is -0.135. The van der Waals surface area contributed by atoms with Gasteiger partial charge in [0.15, 0.2) is 0 Å². The maximum Gasteiger partial charge on any atom is 0.228 e. The minimum Gasteiger partial charge on any atom is -0.508 e. The Hall–Kier alpha value is -3.02. The van der Waals surface area contributed by atoms with Crippen LogP contribution in [0.2, 0.25) is 0 Å². The summed E-state index contributed by atoms with van der Waals surface area (Å²) in [6.45, 7) is 3.16. The van der Waals surface area contributed by atoms with Crippen LogP contribution in [0.15, 0.2) is 48.5 Å². The molecule has 1 atom stereocenters. The molecule has 2 amide bonds. The van der Waals surface area contributed by atoms with E-state index < -0.39 is 0 Å². The Kier molecular flexibility index (Phi) is 5.64. The Balaban J connectivity index is 1.65. The molecule has 6 nitrogen and oxygen atoms in total. The summed E-state index contributed by atoms with van der Waals surface area (Å²) < 4.78 is 5.42. The van der Waals surface area contributed by atoms with Crippen LogP contribution in [0.5, 0.6) is 11.5 Å². The first kappa shape index (κ1) is 18.8. The predicted octanol–water partition coefficient (Wildman–Crippen LogP) is 2.80. The van der Waals surface area contributed by atoms with Crippen LogP contribution in [0.4, 0.5) is 5.69 Å². The number of benzene rings is 2. The van der Waals surface area contributed by atoms with E-state index in [1.165, 1.54) is 0 Å². The third-order valence-electron chi connectivity index (χ3n) is 4.71. The van der Waals surface area contributed by atoms with Gasteiger partial charge in [-0.1, -0.05) is 18.2 Å². The molecule has 142 valence electrons. The number of hydrogen-bond donors (Lipinski definition) is 1. The van der Waals surface area contributed by atoms with Crippen molar-refractivity contribution in [1.82, 2.24) is 4.90 Å². The predicted molar refractivity (Wildman–Crippen MR) is 103 cm³/mol. The highest BCUT2D eigenvalue weighted by atomic mass is 16.5. The van der Waals surface area contributed by atoms with Crippen molar-refractivity contribution in [2.45, 2.75) is 19.9 Å². The molecule has 1 aliphatic heterocycles. The van der Waals surface area contributed by atoms with Gasteiger partial charge < -0.3 is 19.6 Å². The van der Waals surface area contributed by atoms with Crippen LogP contribution in [0.1, 0.15) is 18.9 Å². The molecule has 1 saturated heterocycles. The van der Waals surface area contributed by atoms with Crippen molar-refractivity contribution in [2.24, 2.45) is 5.92 Å². The molecular formula is C21H24N2O4. The Morgan fingerprint density at radius 3 is 2.59 bits per heavy atom. The van der Waals surface area contributed by atoms with Crippen molar-refractivity contribution < 1.29 is 19.4 Å². The van der Waals surface area contributed by atoms with Crippen LogP contribution >= 0.6 is 0 Å². The molecule has 0 spiro atoms. The van der Waals surface area contributed by atoms with Gasteiger partial charge in [-0.2, -0.15) is 0 Å². The summed E-state index contributed by atoms with van der Waals surface area (Å²) in [5, 5.41) is 9.89. The number of hydrogen-bond acceptors (Lipinski definition) is 4. The molecule has 27 heavy (non-hydrogen) atoms. The zero-order chi connectivity index (χ0) is 19.4. The molecule has 1 fully saturated rings. The molecule has 0 aliphatic carbocycles. The largest absolute Gasteiger partial charge is 0.508 e. The third-order valence-corrected chi connectivity index (χ3v) is 4.71. The Labute approximate surface area is 159 Å². The summed E-state index contributed by atoms with van der Waals surface area (Å²) in [6.07, 6.45) is 0.192. The summed E-state index contributed by atoms with van der Waals surface area (Å²) in [6, 6.07) is 14.3. The Morgan fingerprint density at radius 2 is 1.93 bits per heavy atom. The number of aromatic hydroxyl groups is 1. The lowest BCUT2D eigenvalue weighted by atomic mass is 10.1. The van der Waals surface area contributed by atoms with Crippen molar-refractivity contribution >= 4 is 17.5 Å². The molecule has 2 aromatic carbocycles. The third kappa shape index (κ3) is 4.22. The molecule has 3 rings (SSSR count). The standard InChI is InChI=1S/C21H24N2O4/c1-3-27-18-10-8-17(9-11-18)23-14-16(12-20(23)25)21(26)22(2)13-15-6-4-5-7-19(15)24/h4-11,16,24H,3,12-14H2,1-2H3/t16-/m1/s1. The van der Waals surface area contributed by atoms with Crippen LogP contribution in [-0.2, 0) is 16.1 Å². The van der Waals surface area contributed by atoms with E-state index in [0.717, 1.165) is 11.4 Å². The fourth-order valence-corrected chi connectivity index (χ4v) is 3.30. The lowest BCUT2D eigenvalue weighted by Gasteiger charge is -2.22. The van der Waals surface area contributed by atoms with E-state index in [-0.39, 0.29) is 29.9 Å². The van der Waals surface area contributed by atoms with Gasteiger partial charge in [-0.15, -0.1) is 0 Å². The molecule has 6 heteroatoms. The molecule has 1 heterocycles. The van der Waals surface area contributed by atoms with E-state index in [0.29, 0.717) is 25.3 Å². The van der Waals surface area contributed by atoms with Crippen LogP contribution in [-0.4, -0.2) is 42.0 Å². The fraction of sp³-hybridized carbons (Fsp3) is 0.333. The molecule has 0 aromatic heterocycles. The smallest absolute Gasteiger partial charge is 0.228 e. The Bertz CT molecular complexity index is 819. The van der Waals surface area contributed by atoms with Crippen molar-refractivity contribution in [2.75, 3.05) is 25.1 Å². The van der Waals surface area contributed by atoms with E-state index in [1.807, 2.05) is 37.3 Å². The average Bonchev–Trinajstić information content (AvgIpc) is 3.05. The number of amides is 2. The van der Waals surface area contributed by atoms with Gasteiger partial charge in [0.2, 0.25) is 11.8 Å². The number of phenols is 1. The number of carbonyl (C=O) groups is 2. The zero-order valence-electron chi connectivity index (χ0n) is 15.6. The summed E-state index contributed by atoms with van der Waals surface area (Å²) in [5.41, 5.74) is 1.45. The molecule has 0 bridgehead atoms. The van der Waals surface area contributed by atoms with Gasteiger partial charge in [-0.05, 0) is 37.3 Å². The van der Waals surface area contributed by atoms with E-state index in [2.05, 4.69) is 0 Å². The lowest BCUT2D eigenvalue weighted by Crippen LogP contribution is -2.34. The fourth-order valence-electron chi connectivity index (χ4n) is 3.30. The SMILES string of the molecule is CCOc1ccc(N2C[C@H](C(=O)N(C)Cc3ccccc3O)CC2=O)cc1. The van der Waals surface area contributed by atoms with Gasteiger partial charge in [0, 0.05) is 37.8 Å². The summed E-state index contributed by atoms with van der Waals surface area (Å²) in [5.74, 6) is 0.368. The average molecular weight is 368 g/mol. The number of anilines is 1. The quantitative estimate of drug-likeness (QED) is 0.851. The van der Waals surface area contributed by atoms with E-state index >= 15 is 0 Å². The van der Waals surface area contributed by atoms with Gasteiger partial charge in [0.05, 0.1) is 12.5 Å². The highest BCUT2D eigenvalue weighted by Gasteiger charge is 2.36. The first-order valence-electron chi connectivity index (χ1n) is 9.04. The van der Waals surface area contributed by atoms with E-state index in [1.54, 1.807) is 35.0 Å². The van der Waals surface area contributed by atoms with Crippen molar-refractivity contribution in [3.8, 4) is 11.5 Å². The van der Waals surface area contributed by atoms with Gasteiger partial charge in [0.25, 0.3) is 0 Å². The van der Waals surface area contributed by atoms with Crippen molar-refractivity contribution in [1.29, 1.82) is 0 Å². The van der Waals surface area contributed by atoms with Gasteiger partial charge in [-0.3, -0.25) is 9.59 Å². The van der Waals surface area contributed by atoms with Crippen molar-refractivity contribution in [3.05, 3.63) is 54.1 Å². The number of para-hydroxylation sites is 1. The highest BCUT2D eigenvalue weighted by Crippen LogP contribution is 2.28. The van der Waals surface area contributed by atoms with Crippen LogP contribution in [0.25, 0.3) is 0 Å². The molecule has 2 aromatic rings. The second-order valence-corrected chi connectivity index (χ2v) is 6.66. The molecule has 0 radical (unpaired) electrons. The topological polar surface area (TPSA) is 70.1 Å².